The first-order chi connectivity index (χ1) is 10.9. The lowest BCUT2D eigenvalue weighted by Gasteiger charge is -2.16. The minimum atomic E-state index is -0.482. The van der Waals surface area contributed by atoms with E-state index in [1.54, 1.807) is 6.07 Å². The Kier molecular flexibility index (Phi) is 5.67. The first-order valence-electron chi connectivity index (χ1n) is 6.91. The Morgan fingerprint density at radius 1 is 1.26 bits per heavy atom. The summed E-state index contributed by atoms with van der Waals surface area (Å²) in [7, 11) is 1.83. The maximum atomic E-state index is 12.0. The predicted molar refractivity (Wildman–Crippen MR) is 89.5 cm³/mol. The summed E-state index contributed by atoms with van der Waals surface area (Å²) in [5, 5.41) is 13.9. The van der Waals surface area contributed by atoms with Gasteiger partial charge in [0.15, 0.2) is 0 Å². The number of nitro benzene ring substituents is 1. The SMILES string of the molecule is CN(CC(=O)Nc1ccc([N+](=O)[O-])cc1)Cc1cccc(Cl)c1. The van der Waals surface area contributed by atoms with Crippen molar-refractivity contribution in [2.24, 2.45) is 0 Å². The van der Waals surface area contributed by atoms with Gasteiger partial charge in [0, 0.05) is 29.4 Å². The van der Waals surface area contributed by atoms with Crippen LogP contribution in [0.3, 0.4) is 0 Å². The molecule has 0 spiro atoms. The fourth-order valence-electron chi connectivity index (χ4n) is 2.12. The lowest BCUT2D eigenvalue weighted by atomic mass is 10.2. The first-order valence-corrected chi connectivity index (χ1v) is 7.29. The zero-order valence-electron chi connectivity index (χ0n) is 12.5. The Morgan fingerprint density at radius 3 is 2.57 bits per heavy atom. The van der Waals surface area contributed by atoms with Crippen LogP contribution >= 0.6 is 11.6 Å². The van der Waals surface area contributed by atoms with Gasteiger partial charge >= 0.3 is 0 Å². The molecule has 0 aromatic heterocycles. The molecule has 0 aliphatic heterocycles. The summed E-state index contributed by atoms with van der Waals surface area (Å²) < 4.78 is 0. The minimum Gasteiger partial charge on any atom is -0.325 e. The van der Waals surface area contributed by atoms with Gasteiger partial charge in [-0.3, -0.25) is 19.8 Å². The van der Waals surface area contributed by atoms with Crippen LogP contribution in [-0.2, 0) is 11.3 Å². The quantitative estimate of drug-likeness (QED) is 0.650. The first kappa shape index (κ1) is 16.9. The van der Waals surface area contributed by atoms with Crippen molar-refractivity contribution in [1.29, 1.82) is 0 Å². The average Bonchev–Trinajstić information content (AvgIpc) is 2.47. The highest BCUT2D eigenvalue weighted by atomic mass is 35.5. The topological polar surface area (TPSA) is 75.5 Å². The summed E-state index contributed by atoms with van der Waals surface area (Å²) >= 11 is 5.93. The maximum Gasteiger partial charge on any atom is 0.269 e. The molecular formula is C16H16ClN3O3. The molecule has 7 heteroatoms. The summed E-state index contributed by atoms with van der Waals surface area (Å²) in [6.07, 6.45) is 0. The van der Waals surface area contributed by atoms with Crippen molar-refractivity contribution in [3.8, 4) is 0 Å². The molecule has 0 atom stereocenters. The monoisotopic (exact) mass is 333 g/mol. The fraction of sp³-hybridized carbons (Fsp3) is 0.188. The number of nitrogens with zero attached hydrogens (tertiary/aromatic N) is 2. The molecule has 0 aliphatic rings. The number of halogens is 1. The molecule has 0 bridgehead atoms. The van der Waals surface area contributed by atoms with Gasteiger partial charge in [0.1, 0.15) is 0 Å². The molecule has 0 fully saturated rings. The lowest BCUT2D eigenvalue weighted by molar-refractivity contribution is -0.384. The highest BCUT2D eigenvalue weighted by molar-refractivity contribution is 6.30. The van der Waals surface area contributed by atoms with Gasteiger partial charge in [-0.2, -0.15) is 0 Å². The van der Waals surface area contributed by atoms with E-state index in [9.17, 15) is 14.9 Å². The molecule has 0 saturated heterocycles. The number of hydrogen-bond acceptors (Lipinski definition) is 4. The number of hydrogen-bond donors (Lipinski definition) is 1. The van der Waals surface area contributed by atoms with Gasteiger partial charge in [0.25, 0.3) is 5.69 Å². The number of anilines is 1. The summed E-state index contributed by atoms with van der Waals surface area (Å²) in [4.78, 5) is 23.9. The number of benzene rings is 2. The van der Waals surface area contributed by atoms with E-state index in [4.69, 9.17) is 11.6 Å². The molecule has 0 unspecified atom stereocenters. The van der Waals surface area contributed by atoms with Gasteiger partial charge in [-0.15, -0.1) is 0 Å². The smallest absolute Gasteiger partial charge is 0.269 e. The van der Waals surface area contributed by atoms with Crippen molar-refractivity contribution < 1.29 is 9.72 Å². The molecule has 2 aromatic rings. The number of likely N-dealkylation sites (N-methyl/N-ethyl adjacent to an activating group) is 1. The molecule has 0 heterocycles. The van der Waals surface area contributed by atoms with Crippen LogP contribution in [0.25, 0.3) is 0 Å². The van der Waals surface area contributed by atoms with Crippen LogP contribution in [0.5, 0.6) is 0 Å². The summed E-state index contributed by atoms with van der Waals surface area (Å²) in [6, 6.07) is 13.2. The van der Waals surface area contributed by atoms with Gasteiger partial charge in [-0.25, -0.2) is 0 Å². The Balaban J connectivity index is 1.87. The van der Waals surface area contributed by atoms with E-state index >= 15 is 0 Å². The van der Waals surface area contributed by atoms with Crippen molar-refractivity contribution in [1.82, 2.24) is 4.90 Å². The van der Waals surface area contributed by atoms with Crippen LogP contribution in [0.1, 0.15) is 5.56 Å². The number of non-ortho nitro benzene ring substituents is 1. The summed E-state index contributed by atoms with van der Waals surface area (Å²) in [5.74, 6) is -0.191. The van der Waals surface area contributed by atoms with Crippen molar-refractivity contribution >= 4 is 28.9 Å². The third-order valence-electron chi connectivity index (χ3n) is 3.12. The fourth-order valence-corrected chi connectivity index (χ4v) is 2.33. The highest BCUT2D eigenvalue weighted by Gasteiger charge is 2.09. The van der Waals surface area contributed by atoms with Crippen molar-refractivity contribution in [3.63, 3.8) is 0 Å². The molecule has 2 aromatic carbocycles. The van der Waals surface area contributed by atoms with Crippen LogP contribution in [-0.4, -0.2) is 29.3 Å². The van der Waals surface area contributed by atoms with Crippen LogP contribution in [0.15, 0.2) is 48.5 Å². The maximum absolute atomic E-state index is 12.0. The Labute approximate surface area is 138 Å². The molecule has 0 saturated carbocycles. The molecule has 1 N–H and O–H groups in total. The number of rotatable bonds is 6. The van der Waals surface area contributed by atoms with E-state index in [-0.39, 0.29) is 18.1 Å². The number of nitro groups is 1. The number of carbonyl (C=O) groups excluding carboxylic acids is 1. The molecule has 0 radical (unpaired) electrons. The summed E-state index contributed by atoms with van der Waals surface area (Å²) in [5.41, 5.74) is 1.53. The van der Waals surface area contributed by atoms with E-state index in [1.807, 2.05) is 30.1 Å². The minimum absolute atomic E-state index is 0.0129. The Bertz CT molecular complexity index is 704. The molecule has 120 valence electrons. The van der Waals surface area contributed by atoms with E-state index < -0.39 is 4.92 Å². The van der Waals surface area contributed by atoms with Crippen LogP contribution in [0.4, 0.5) is 11.4 Å². The standard InChI is InChI=1S/C16H16ClN3O3/c1-19(10-12-3-2-4-13(17)9-12)11-16(21)18-14-5-7-15(8-6-14)20(22)23/h2-9H,10-11H2,1H3,(H,18,21). The zero-order valence-corrected chi connectivity index (χ0v) is 13.3. The summed E-state index contributed by atoms with van der Waals surface area (Å²) in [6.45, 7) is 0.789. The van der Waals surface area contributed by atoms with Gasteiger partial charge in [-0.1, -0.05) is 23.7 Å². The van der Waals surface area contributed by atoms with Gasteiger partial charge in [0.2, 0.25) is 5.91 Å². The van der Waals surface area contributed by atoms with E-state index in [2.05, 4.69) is 5.32 Å². The second-order valence-electron chi connectivity index (χ2n) is 5.15. The third kappa shape index (κ3) is 5.36. The van der Waals surface area contributed by atoms with Gasteiger partial charge in [0.05, 0.1) is 11.5 Å². The van der Waals surface area contributed by atoms with E-state index in [1.165, 1.54) is 24.3 Å². The van der Waals surface area contributed by atoms with Gasteiger partial charge in [-0.05, 0) is 36.9 Å². The average molecular weight is 334 g/mol. The highest BCUT2D eigenvalue weighted by Crippen LogP contribution is 2.15. The number of nitrogens with one attached hydrogen (secondary N) is 1. The second kappa shape index (κ2) is 7.71. The normalized spacial score (nSPS) is 10.6. The molecule has 0 aliphatic carbocycles. The zero-order chi connectivity index (χ0) is 16.8. The van der Waals surface area contributed by atoms with Crippen molar-refractivity contribution in [2.75, 3.05) is 18.9 Å². The molecular weight excluding hydrogens is 318 g/mol. The Hall–Kier alpha value is -2.44. The lowest BCUT2D eigenvalue weighted by Crippen LogP contribution is -2.29. The number of carbonyl (C=O) groups is 1. The third-order valence-corrected chi connectivity index (χ3v) is 3.35. The second-order valence-corrected chi connectivity index (χ2v) is 5.59. The molecule has 2 rings (SSSR count). The molecule has 23 heavy (non-hydrogen) atoms. The van der Waals surface area contributed by atoms with Crippen molar-refractivity contribution in [3.05, 3.63) is 69.2 Å². The van der Waals surface area contributed by atoms with Crippen LogP contribution < -0.4 is 5.32 Å². The largest absolute Gasteiger partial charge is 0.325 e. The predicted octanol–water partition coefficient (Wildman–Crippen LogP) is 3.32. The van der Waals surface area contributed by atoms with E-state index in [0.29, 0.717) is 17.3 Å². The van der Waals surface area contributed by atoms with Crippen molar-refractivity contribution in [2.45, 2.75) is 6.54 Å². The van der Waals surface area contributed by atoms with Gasteiger partial charge < -0.3 is 5.32 Å². The van der Waals surface area contributed by atoms with E-state index in [0.717, 1.165) is 5.56 Å². The van der Waals surface area contributed by atoms with Crippen LogP contribution in [0.2, 0.25) is 5.02 Å². The molecule has 6 nitrogen and oxygen atoms in total. The Morgan fingerprint density at radius 2 is 1.96 bits per heavy atom. The number of amides is 1. The molecule has 1 amide bonds. The van der Waals surface area contributed by atoms with Crippen LogP contribution in [0, 0.1) is 10.1 Å².